The molecule has 0 radical (unpaired) electrons. The number of hydrogen-bond acceptors (Lipinski definition) is 3. The molecule has 0 spiro atoms. The zero-order valence-corrected chi connectivity index (χ0v) is 7.95. The van der Waals surface area contributed by atoms with Crippen molar-refractivity contribution in [2.45, 2.75) is 13.8 Å². The number of nitrogens with zero attached hydrogens (tertiary/aromatic N) is 1. The maximum Gasteiger partial charge on any atom is 0.171 e. The van der Waals surface area contributed by atoms with Gasteiger partial charge in [-0.15, -0.1) is 0 Å². The summed E-state index contributed by atoms with van der Waals surface area (Å²) in [6, 6.07) is 3.51. The number of hydrogen-bond donors (Lipinski definition) is 1. The molecule has 13 heavy (non-hydrogen) atoms. The normalized spacial score (nSPS) is 11.3. The van der Waals surface area contributed by atoms with Gasteiger partial charge in [-0.05, 0) is 12.1 Å². The van der Waals surface area contributed by atoms with Gasteiger partial charge in [0.15, 0.2) is 5.78 Å². The lowest BCUT2D eigenvalue weighted by atomic mass is 9.85. The van der Waals surface area contributed by atoms with Crippen LogP contribution in [0.2, 0.25) is 0 Å². The molecule has 1 rings (SSSR count). The fourth-order valence-electron chi connectivity index (χ4n) is 0.981. The highest BCUT2D eigenvalue weighted by Gasteiger charge is 2.26. The molecule has 0 unspecified atom stereocenters. The standard InChI is InChI=1S/C10H14N2O/c1-10(2,7-11)9(13)8-4-3-5-12-6-8/h3-6H,7,11H2,1-2H3. The van der Waals surface area contributed by atoms with Crippen LogP contribution in [0.4, 0.5) is 0 Å². The molecule has 1 aromatic heterocycles. The lowest BCUT2D eigenvalue weighted by Crippen LogP contribution is -2.32. The molecule has 0 saturated heterocycles. The van der Waals surface area contributed by atoms with Crippen LogP contribution in [-0.4, -0.2) is 17.3 Å². The molecule has 0 fully saturated rings. The Morgan fingerprint density at radius 3 is 2.77 bits per heavy atom. The van der Waals surface area contributed by atoms with Crippen LogP contribution >= 0.6 is 0 Å². The van der Waals surface area contributed by atoms with Crippen molar-refractivity contribution >= 4 is 5.78 Å². The zero-order valence-electron chi connectivity index (χ0n) is 7.95. The number of carbonyl (C=O) groups is 1. The van der Waals surface area contributed by atoms with Crippen molar-refractivity contribution < 1.29 is 4.79 Å². The van der Waals surface area contributed by atoms with E-state index in [0.29, 0.717) is 12.1 Å². The van der Waals surface area contributed by atoms with Crippen LogP contribution in [0.1, 0.15) is 24.2 Å². The summed E-state index contributed by atoms with van der Waals surface area (Å²) in [5.41, 5.74) is 5.63. The monoisotopic (exact) mass is 178 g/mol. The average Bonchev–Trinajstić information content (AvgIpc) is 2.18. The number of Topliss-reactive ketones (excluding diaryl/α,β-unsaturated/α-hetero) is 1. The number of aromatic nitrogens is 1. The molecule has 1 heterocycles. The predicted octanol–water partition coefficient (Wildman–Crippen LogP) is 1.25. The number of nitrogens with two attached hydrogens (primary N) is 1. The Balaban J connectivity index is 2.93. The van der Waals surface area contributed by atoms with E-state index in [2.05, 4.69) is 4.98 Å². The fraction of sp³-hybridized carbons (Fsp3) is 0.400. The van der Waals surface area contributed by atoms with Gasteiger partial charge in [-0.3, -0.25) is 9.78 Å². The molecular weight excluding hydrogens is 164 g/mol. The second-order valence-electron chi connectivity index (χ2n) is 3.66. The smallest absolute Gasteiger partial charge is 0.171 e. The van der Waals surface area contributed by atoms with Gasteiger partial charge in [0.05, 0.1) is 0 Å². The molecule has 0 aliphatic rings. The first-order valence-electron chi connectivity index (χ1n) is 4.23. The van der Waals surface area contributed by atoms with Crippen LogP contribution in [0, 0.1) is 5.41 Å². The van der Waals surface area contributed by atoms with Gasteiger partial charge < -0.3 is 5.73 Å². The third-order valence-corrected chi connectivity index (χ3v) is 2.05. The summed E-state index contributed by atoms with van der Waals surface area (Å²) in [5, 5.41) is 0. The summed E-state index contributed by atoms with van der Waals surface area (Å²) >= 11 is 0. The van der Waals surface area contributed by atoms with Crippen molar-refractivity contribution in [2.75, 3.05) is 6.54 Å². The van der Waals surface area contributed by atoms with Crippen molar-refractivity contribution in [1.29, 1.82) is 0 Å². The Morgan fingerprint density at radius 1 is 1.62 bits per heavy atom. The van der Waals surface area contributed by atoms with Crippen molar-refractivity contribution in [1.82, 2.24) is 4.98 Å². The first kappa shape index (κ1) is 9.86. The molecule has 0 amide bonds. The third kappa shape index (κ3) is 2.12. The first-order chi connectivity index (χ1) is 6.08. The van der Waals surface area contributed by atoms with E-state index in [1.165, 1.54) is 0 Å². The van der Waals surface area contributed by atoms with E-state index in [4.69, 9.17) is 5.73 Å². The van der Waals surface area contributed by atoms with Gasteiger partial charge in [0, 0.05) is 29.9 Å². The summed E-state index contributed by atoms with van der Waals surface area (Å²) in [4.78, 5) is 15.7. The second-order valence-corrected chi connectivity index (χ2v) is 3.66. The van der Waals surface area contributed by atoms with Crippen molar-refractivity contribution in [3.63, 3.8) is 0 Å². The first-order valence-corrected chi connectivity index (χ1v) is 4.23. The number of pyridine rings is 1. The molecule has 70 valence electrons. The molecule has 2 N–H and O–H groups in total. The van der Waals surface area contributed by atoms with Gasteiger partial charge in [0.25, 0.3) is 0 Å². The average molecular weight is 178 g/mol. The van der Waals surface area contributed by atoms with Gasteiger partial charge >= 0.3 is 0 Å². The number of carbonyl (C=O) groups excluding carboxylic acids is 1. The van der Waals surface area contributed by atoms with Crippen LogP contribution < -0.4 is 5.73 Å². The minimum Gasteiger partial charge on any atom is -0.329 e. The molecule has 0 atom stereocenters. The van der Waals surface area contributed by atoms with Crippen LogP contribution in [0.25, 0.3) is 0 Å². The van der Waals surface area contributed by atoms with Crippen molar-refractivity contribution in [3.05, 3.63) is 30.1 Å². The molecule has 0 saturated carbocycles. The van der Waals surface area contributed by atoms with Crippen LogP contribution in [0.5, 0.6) is 0 Å². The summed E-state index contributed by atoms with van der Waals surface area (Å²) in [7, 11) is 0. The third-order valence-electron chi connectivity index (χ3n) is 2.05. The Morgan fingerprint density at radius 2 is 2.31 bits per heavy atom. The van der Waals surface area contributed by atoms with Gasteiger partial charge in [0.2, 0.25) is 0 Å². The molecular formula is C10H14N2O. The van der Waals surface area contributed by atoms with Gasteiger partial charge in [-0.2, -0.15) is 0 Å². The lowest BCUT2D eigenvalue weighted by molar-refractivity contribution is 0.0847. The summed E-state index contributed by atoms with van der Waals surface area (Å²) in [6.45, 7) is 4.02. The number of ketones is 1. The molecule has 0 aliphatic heterocycles. The maximum absolute atomic E-state index is 11.8. The molecule has 0 bridgehead atoms. The Hall–Kier alpha value is -1.22. The van der Waals surface area contributed by atoms with Gasteiger partial charge in [-0.1, -0.05) is 13.8 Å². The van der Waals surface area contributed by atoms with E-state index in [-0.39, 0.29) is 5.78 Å². The largest absolute Gasteiger partial charge is 0.329 e. The van der Waals surface area contributed by atoms with E-state index >= 15 is 0 Å². The lowest BCUT2D eigenvalue weighted by Gasteiger charge is -2.20. The van der Waals surface area contributed by atoms with Crippen LogP contribution in [0.3, 0.4) is 0 Å². The highest BCUT2D eigenvalue weighted by Crippen LogP contribution is 2.19. The van der Waals surface area contributed by atoms with Gasteiger partial charge in [0.1, 0.15) is 0 Å². The Bertz CT molecular complexity index is 293. The summed E-state index contributed by atoms with van der Waals surface area (Å²) < 4.78 is 0. The minimum absolute atomic E-state index is 0.0445. The Labute approximate surface area is 78.0 Å². The van der Waals surface area contributed by atoms with E-state index in [0.717, 1.165) is 0 Å². The quantitative estimate of drug-likeness (QED) is 0.709. The molecule has 1 aromatic rings. The predicted molar refractivity (Wildman–Crippen MR) is 51.4 cm³/mol. The van der Waals surface area contributed by atoms with Crippen LogP contribution in [-0.2, 0) is 0 Å². The fourth-order valence-corrected chi connectivity index (χ4v) is 0.981. The number of rotatable bonds is 3. The van der Waals surface area contributed by atoms with Crippen LogP contribution in [0.15, 0.2) is 24.5 Å². The van der Waals surface area contributed by atoms with E-state index in [1.54, 1.807) is 24.5 Å². The molecule has 3 nitrogen and oxygen atoms in total. The molecule has 0 aromatic carbocycles. The maximum atomic E-state index is 11.8. The van der Waals surface area contributed by atoms with E-state index in [9.17, 15) is 4.79 Å². The molecule has 3 heteroatoms. The van der Waals surface area contributed by atoms with Crippen molar-refractivity contribution in [3.8, 4) is 0 Å². The molecule has 0 aliphatic carbocycles. The SMILES string of the molecule is CC(C)(CN)C(=O)c1cccnc1. The highest BCUT2D eigenvalue weighted by atomic mass is 16.1. The topological polar surface area (TPSA) is 56.0 Å². The van der Waals surface area contributed by atoms with Crippen molar-refractivity contribution in [2.24, 2.45) is 11.1 Å². The summed E-state index contributed by atoms with van der Waals surface area (Å²) in [5.74, 6) is 0.0445. The minimum atomic E-state index is -0.497. The van der Waals surface area contributed by atoms with E-state index in [1.807, 2.05) is 13.8 Å². The van der Waals surface area contributed by atoms with E-state index < -0.39 is 5.41 Å². The summed E-state index contributed by atoms with van der Waals surface area (Å²) in [6.07, 6.45) is 3.21. The zero-order chi connectivity index (χ0) is 9.90. The Kier molecular flexibility index (Phi) is 2.78. The second kappa shape index (κ2) is 3.66. The highest BCUT2D eigenvalue weighted by molar-refractivity contribution is 5.99. The van der Waals surface area contributed by atoms with Gasteiger partial charge in [-0.25, -0.2) is 0 Å².